The molecule has 1 aromatic rings. The molecule has 1 unspecified atom stereocenters. The summed E-state index contributed by atoms with van der Waals surface area (Å²) in [5.41, 5.74) is 1.62. The van der Waals surface area contributed by atoms with E-state index < -0.39 is 6.10 Å². The lowest BCUT2D eigenvalue weighted by Gasteiger charge is -2.10. The van der Waals surface area contributed by atoms with Crippen LogP contribution in [-0.2, 0) is 0 Å². The van der Waals surface area contributed by atoms with E-state index in [1.54, 1.807) is 18.7 Å². The van der Waals surface area contributed by atoms with Crippen LogP contribution in [0.3, 0.4) is 0 Å². The fourth-order valence-corrected chi connectivity index (χ4v) is 1.75. The third kappa shape index (κ3) is 3.54. The summed E-state index contributed by atoms with van der Waals surface area (Å²) in [6, 6.07) is 5.80. The number of carbonyl (C=O) groups excluding carboxylic acids is 1. The lowest BCUT2D eigenvalue weighted by molar-refractivity contribution is 0.0923. The van der Waals surface area contributed by atoms with E-state index in [-0.39, 0.29) is 12.5 Å². The topological polar surface area (TPSA) is 49.3 Å². The van der Waals surface area contributed by atoms with Crippen molar-refractivity contribution < 1.29 is 9.90 Å². The maximum atomic E-state index is 11.8. The number of hydrogen-bond acceptors (Lipinski definition) is 3. The highest BCUT2D eigenvalue weighted by Crippen LogP contribution is 2.18. The van der Waals surface area contributed by atoms with Gasteiger partial charge in [0, 0.05) is 17.0 Å². The zero-order valence-electron chi connectivity index (χ0n) is 9.78. The highest BCUT2D eigenvalue weighted by Gasteiger charge is 2.10. The van der Waals surface area contributed by atoms with Gasteiger partial charge in [0.2, 0.25) is 0 Å². The normalized spacial score (nSPS) is 12.2. The lowest BCUT2D eigenvalue weighted by atomic mass is 10.1. The first kappa shape index (κ1) is 13.1. The molecular weight excluding hydrogens is 222 g/mol. The van der Waals surface area contributed by atoms with Crippen molar-refractivity contribution in [3.8, 4) is 0 Å². The molecule has 0 aromatic heterocycles. The number of benzene rings is 1. The molecule has 88 valence electrons. The van der Waals surface area contributed by atoms with Gasteiger partial charge in [0.25, 0.3) is 5.91 Å². The third-order valence-corrected chi connectivity index (χ3v) is 2.97. The van der Waals surface area contributed by atoms with Gasteiger partial charge in [-0.25, -0.2) is 0 Å². The Bertz CT molecular complexity index is 377. The summed E-state index contributed by atoms with van der Waals surface area (Å²) in [5, 5.41) is 11.8. The van der Waals surface area contributed by atoms with Crippen LogP contribution in [-0.4, -0.2) is 29.9 Å². The smallest absolute Gasteiger partial charge is 0.251 e. The Balaban J connectivity index is 2.81. The van der Waals surface area contributed by atoms with Crippen LogP contribution >= 0.6 is 11.8 Å². The average Bonchev–Trinajstić information content (AvgIpc) is 2.26. The number of hydrogen-bond donors (Lipinski definition) is 2. The van der Waals surface area contributed by atoms with Crippen LogP contribution < -0.4 is 5.32 Å². The molecule has 0 spiro atoms. The highest BCUT2D eigenvalue weighted by atomic mass is 32.2. The van der Waals surface area contributed by atoms with Gasteiger partial charge in [0.15, 0.2) is 0 Å². The van der Waals surface area contributed by atoms with Gasteiger partial charge < -0.3 is 10.4 Å². The molecule has 1 amide bonds. The molecule has 0 fully saturated rings. The van der Waals surface area contributed by atoms with Gasteiger partial charge >= 0.3 is 0 Å². The Morgan fingerprint density at radius 3 is 2.81 bits per heavy atom. The second-order valence-electron chi connectivity index (χ2n) is 3.74. The molecule has 3 nitrogen and oxygen atoms in total. The van der Waals surface area contributed by atoms with Crippen LogP contribution in [0, 0.1) is 6.92 Å². The van der Waals surface area contributed by atoms with Crippen LogP contribution in [0.1, 0.15) is 22.8 Å². The molecule has 1 rings (SSSR count). The van der Waals surface area contributed by atoms with E-state index in [1.165, 1.54) is 0 Å². The Kier molecular flexibility index (Phi) is 4.83. The van der Waals surface area contributed by atoms with E-state index in [2.05, 4.69) is 5.32 Å². The zero-order chi connectivity index (χ0) is 12.1. The molecule has 0 radical (unpaired) electrons. The average molecular weight is 239 g/mol. The minimum atomic E-state index is -0.520. The largest absolute Gasteiger partial charge is 0.392 e. The van der Waals surface area contributed by atoms with Gasteiger partial charge in [0.05, 0.1) is 6.10 Å². The number of nitrogens with one attached hydrogen (secondary N) is 1. The Morgan fingerprint density at radius 2 is 2.25 bits per heavy atom. The fraction of sp³-hybridized carbons (Fsp3) is 0.417. The third-order valence-electron chi connectivity index (χ3n) is 2.25. The summed E-state index contributed by atoms with van der Waals surface area (Å²) in [6.07, 6.45) is 1.45. The Labute approximate surface area is 100 Å². The van der Waals surface area contributed by atoms with Gasteiger partial charge in [-0.1, -0.05) is 6.07 Å². The molecule has 0 saturated heterocycles. The summed E-state index contributed by atoms with van der Waals surface area (Å²) in [6.45, 7) is 3.83. The standard InChI is InChI=1S/C12H17NO2S/c1-8-4-5-10(16-3)6-11(8)12(15)13-7-9(2)14/h4-6,9,14H,7H2,1-3H3,(H,13,15). The summed E-state index contributed by atoms with van der Waals surface area (Å²) >= 11 is 1.60. The Morgan fingerprint density at radius 1 is 1.56 bits per heavy atom. The van der Waals surface area contributed by atoms with Gasteiger partial charge in [0.1, 0.15) is 0 Å². The number of rotatable bonds is 4. The molecule has 0 saturated carbocycles. The van der Waals surface area contributed by atoms with Crippen LogP contribution in [0.15, 0.2) is 23.1 Å². The van der Waals surface area contributed by atoms with Gasteiger partial charge in [-0.15, -0.1) is 11.8 Å². The monoisotopic (exact) mass is 239 g/mol. The van der Waals surface area contributed by atoms with Crippen molar-refractivity contribution in [2.75, 3.05) is 12.8 Å². The van der Waals surface area contributed by atoms with Crippen molar-refractivity contribution in [2.24, 2.45) is 0 Å². The molecule has 0 aliphatic carbocycles. The summed E-state index contributed by atoms with van der Waals surface area (Å²) in [7, 11) is 0. The second-order valence-corrected chi connectivity index (χ2v) is 4.62. The van der Waals surface area contributed by atoms with Crippen molar-refractivity contribution in [2.45, 2.75) is 24.8 Å². The number of aliphatic hydroxyl groups is 1. The minimum Gasteiger partial charge on any atom is -0.392 e. The number of carbonyl (C=O) groups is 1. The van der Waals surface area contributed by atoms with Crippen molar-refractivity contribution in [3.05, 3.63) is 29.3 Å². The van der Waals surface area contributed by atoms with E-state index >= 15 is 0 Å². The first-order valence-corrected chi connectivity index (χ1v) is 6.38. The van der Waals surface area contributed by atoms with Gasteiger partial charge in [-0.2, -0.15) is 0 Å². The SMILES string of the molecule is CSc1ccc(C)c(C(=O)NCC(C)O)c1. The predicted octanol–water partition coefficient (Wildman–Crippen LogP) is 1.83. The second kappa shape index (κ2) is 5.92. The molecule has 1 atom stereocenters. The fourth-order valence-electron chi connectivity index (χ4n) is 1.31. The number of thioether (sulfide) groups is 1. The van der Waals surface area contributed by atoms with Crippen LogP contribution in [0.2, 0.25) is 0 Å². The van der Waals surface area contributed by atoms with Gasteiger partial charge in [-0.05, 0) is 37.8 Å². The molecule has 16 heavy (non-hydrogen) atoms. The molecule has 0 aliphatic heterocycles. The first-order chi connectivity index (χ1) is 7.54. The van der Waals surface area contributed by atoms with Gasteiger partial charge in [-0.3, -0.25) is 4.79 Å². The van der Waals surface area contributed by atoms with Crippen LogP contribution in [0.4, 0.5) is 0 Å². The lowest BCUT2D eigenvalue weighted by Crippen LogP contribution is -2.31. The number of aliphatic hydroxyl groups excluding tert-OH is 1. The van der Waals surface area contributed by atoms with Crippen molar-refractivity contribution >= 4 is 17.7 Å². The number of amides is 1. The molecular formula is C12H17NO2S. The van der Waals surface area contributed by atoms with Crippen LogP contribution in [0.25, 0.3) is 0 Å². The van der Waals surface area contributed by atoms with Crippen molar-refractivity contribution in [3.63, 3.8) is 0 Å². The summed E-state index contributed by atoms with van der Waals surface area (Å²) < 4.78 is 0. The summed E-state index contributed by atoms with van der Waals surface area (Å²) in [5.74, 6) is -0.130. The maximum absolute atomic E-state index is 11.8. The van der Waals surface area contributed by atoms with E-state index in [0.29, 0.717) is 5.56 Å². The Hall–Kier alpha value is -1.00. The van der Waals surface area contributed by atoms with E-state index in [1.807, 2.05) is 31.4 Å². The predicted molar refractivity (Wildman–Crippen MR) is 67.0 cm³/mol. The maximum Gasteiger partial charge on any atom is 0.251 e. The molecule has 0 bridgehead atoms. The number of aryl methyl sites for hydroxylation is 1. The van der Waals surface area contributed by atoms with Crippen molar-refractivity contribution in [1.29, 1.82) is 0 Å². The quantitative estimate of drug-likeness (QED) is 0.788. The van der Waals surface area contributed by atoms with E-state index in [4.69, 9.17) is 5.11 Å². The van der Waals surface area contributed by atoms with E-state index in [0.717, 1.165) is 10.5 Å². The van der Waals surface area contributed by atoms with Crippen molar-refractivity contribution in [1.82, 2.24) is 5.32 Å². The van der Waals surface area contributed by atoms with Crippen LogP contribution in [0.5, 0.6) is 0 Å². The first-order valence-electron chi connectivity index (χ1n) is 5.15. The molecule has 1 aromatic carbocycles. The molecule has 2 N–H and O–H groups in total. The molecule has 0 aliphatic rings. The molecule has 4 heteroatoms. The summed E-state index contributed by atoms with van der Waals surface area (Å²) in [4.78, 5) is 12.9. The zero-order valence-corrected chi connectivity index (χ0v) is 10.6. The highest BCUT2D eigenvalue weighted by molar-refractivity contribution is 7.98. The molecule has 0 heterocycles. The minimum absolute atomic E-state index is 0.130. The van der Waals surface area contributed by atoms with E-state index in [9.17, 15) is 4.79 Å².